The molecular weight excluding hydrogens is 320 g/mol. The lowest BCUT2D eigenvalue weighted by Crippen LogP contribution is -2.55. The Hall–Kier alpha value is -2.08. The van der Waals surface area contributed by atoms with E-state index in [1.165, 1.54) is 0 Å². The predicted octanol–water partition coefficient (Wildman–Crippen LogP) is 2.42. The van der Waals surface area contributed by atoms with Gasteiger partial charge in [-0.25, -0.2) is 0 Å². The van der Waals surface area contributed by atoms with Crippen molar-refractivity contribution in [2.75, 3.05) is 33.5 Å². The van der Waals surface area contributed by atoms with Gasteiger partial charge in [-0.1, -0.05) is 20.8 Å². The third-order valence-electron chi connectivity index (χ3n) is 4.72. The molecule has 138 valence electrons. The summed E-state index contributed by atoms with van der Waals surface area (Å²) >= 11 is 0. The van der Waals surface area contributed by atoms with E-state index in [1.54, 1.807) is 37.1 Å². The van der Waals surface area contributed by atoms with Crippen molar-refractivity contribution in [1.29, 1.82) is 0 Å². The Morgan fingerprint density at radius 1 is 1.24 bits per heavy atom. The number of nitrogens with zero attached hydrogens (tertiary/aromatic N) is 2. The second kappa shape index (κ2) is 8.34. The van der Waals surface area contributed by atoms with E-state index in [2.05, 4.69) is 11.8 Å². The maximum absolute atomic E-state index is 12.6. The van der Waals surface area contributed by atoms with Gasteiger partial charge in [-0.2, -0.15) is 0 Å². The number of ketones is 1. The number of likely N-dealkylation sites (N-methyl/N-ethyl adjacent to an activating group) is 1. The summed E-state index contributed by atoms with van der Waals surface area (Å²) in [5.74, 6) is 1.18. The highest BCUT2D eigenvalue weighted by Gasteiger charge is 2.36. The van der Waals surface area contributed by atoms with Gasteiger partial charge >= 0.3 is 0 Å². The van der Waals surface area contributed by atoms with Gasteiger partial charge < -0.3 is 19.3 Å². The number of amides is 1. The molecule has 1 amide bonds. The molecule has 0 aliphatic carbocycles. The molecule has 0 N–H and O–H groups in total. The van der Waals surface area contributed by atoms with Crippen LogP contribution in [-0.4, -0.2) is 61.0 Å². The number of hydrogen-bond acceptors (Lipinski definition) is 5. The van der Waals surface area contributed by atoms with E-state index in [1.807, 2.05) is 13.8 Å². The third kappa shape index (κ3) is 3.95. The van der Waals surface area contributed by atoms with Gasteiger partial charge in [0.05, 0.1) is 12.0 Å². The van der Waals surface area contributed by atoms with Gasteiger partial charge in [-0.05, 0) is 31.7 Å². The predicted molar refractivity (Wildman–Crippen MR) is 96.1 cm³/mol. The molecule has 2 aliphatic rings. The summed E-state index contributed by atoms with van der Waals surface area (Å²) in [4.78, 5) is 28.9. The zero-order chi connectivity index (χ0) is 18.6. The molecule has 0 bridgehead atoms. The molecule has 1 aromatic rings. The van der Waals surface area contributed by atoms with Gasteiger partial charge in [-0.15, -0.1) is 0 Å². The first-order valence-corrected chi connectivity index (χ1v) is 8.94. The molecule has 6 nitrogen and oxygen atoms in total. The molecule has 1 aromatic carbocycles. The zero-order valence-corrected chi connectivity index (χ0v) is 15.7. The maximum atomic E-state index is 12.6. The standard InChI is InChI=1S/C17H22N2O4.C2H6/c1-4-19-8-13(9-19)17(21)18(3)11(2)16(20)12-5-6-14-15(7-12)23-10-22-14;1-2/h5-7,11,13H,4,8-10H2,1-3H3;1-2H3. The number of carbonyl (C=O) groups excluding carboxylic acids is 2. The van der Waals surface area contributed by atoms with Crippen LogP contribution in [0.15, 0.2) is 18.2 Å². The van der Waals surface area contributed by atoms with E-state index >= 15 is 0 Å². The molecule has 25 heavy (non-hydrogen) atoms. The van der Waals surface area contributed by atoms with E-state index in [9.17, 15) is 9.59 Å². The monoisotopic (exact) mass is 348 g/mol. The van der Waals surface area contributed by atoms with Crippen LogP contribution in [0.5, 0.6) is 11.5 Å². The first-order chi connectivity index (χ1) is 12.0. The molecule has 2 aliphatic heterocycles. The Labute approximate surface area is 149 Å². The maximum Gasteiger partial charge on any atom is 0.231 e. The number of carbonyl (C=O) groups is 2. The quantitative estimate of drug-likeness (QED) is 0.765. The number of benzene rings is 1. The number of rotatable bonds is 5. The van der Waals surface area contributed by atoms with Gasteiger partial charge in [0.1, 0.15) is 0 Å². The normalized spacial score (nSPS) is 17.2. The van der Waals surface area contributed by atoms with Crippen LogP contribution < -0.4 is 9.47 Å². The van der Waals surface area contributed by atoms with Crippen molar-refractivity contribution < 1.29 is 19.1 Å². The van der Waals surface area contributed by atoms with Crippen LogP contribution >= 0.6 is 0 Å². The lowest BCUT2D eigenvalue weighted by Gasteiger charge is -2.40. The van der Waals surface area contributed by atoms with Gasteiger partial charge in [0, 0.05) is 25.7 Å². The summed E-state index contributed by atoms with van der Waals surface area (Å²) in [5.41, 5.74) is 0.533. The van der Waals surface area contributed by atoms with Crippen molar-refractivity contribution >= 4 is 11.7 Å². The lowest BCUT2D eigenvalue weighted by atomic mass is 9.96. The number of Topliss-reactive ketones (excluding diaryl/α,β-unsaturated/α-hetero) is 1. The average Bonchev–Trinajstić information content (AvgIpc) is 3.08. The van der Waals surface area contributed by atoms with Crippen LogP contribution in [0.1, 0.15) is 38.1 Å². The minimum Gasteiger partial charge on any atom is -0.454 e. The summed E-state index contributed by atoms with van der Waals surface area (Å²) < 4.78 is 10.6. The molecule has 3 rings (SSSR count). The summed E-state index contributed by atoms with van der Waals surface area (Å²) in [5, 5.41) is 0. The van der Waals surface area contributed by atoms with E-state index in [0.717, 1.165) is 19.6 Å². The zero-order valence-electron chi connectivity index (χ0n) is 15.7. The first-order valence-electron chi connectivity index (χ1n) is 8.94. The minimum atomic E-state index is -0.501. The number of fused-ring (bicyclic) bond motifs is 1. The van der Waals surface area contributed by atoms with E-state index in [0.29, 0.717) is 17.1 Å². The number of likely N-dealkylation sites (tertiary alicyclic amines) is 1. The van der Waals surface area contributed by atoms with E-state index < -0.39 is 6.04 Å². The van der Waals surface area contributed by atoms with Crippen molar-refractivity contribution in [3.05, 3.63) is 23.8 Å². The highest BCUT2D eigenvalue weighted by Crippen LogP contribution is 2.33. The molecule has 0 radical (unpaired) electrons. The second-order valence-corrected chi connectivity index (χ2v) is 6.11. The molecule has 1 atom stereocenters. The van der Waals surface area contributed by atoms with Crippen LogP contribution in [0, 0.1) is 5.92 Å². The van der Waals surface area contributed by atoms with Gasteiger partial charge in [-0.3, -0.25) is 9.59 Å². The van der Waals surface area contributed by atoms with Crippen LogP contribution in [0.4, 0.5) is 0 Å². The lowest BCUT2D eigenvalue weighted by molar-refractivity contribution is -0.140. The van der Waals surface area contributed by atoms with Gasteiger partial charge in [0.15, 0.2) is 17.3 Å². The van der Waals surface area contributed by atoms with Crippen LogP contribution in [0.3, 0.4) is 0 Å². The van der Waals surface area contributed by atoms with E-state index in [-0.39, 0.29) is 24.4 Å². The Morgan fingerprint density at radius 2 is 1.88 bits per heavy atom. The molecule has 0 saturated carbocycles. The fraction of sp³-hybridized carbons (Fsp3) is 0.579. The fourth-order valence-corrected chi connectivity index (χ4v) is 2.93. The molecule has 2 heterocycles. The first kappa shape index (κ1) is 19.2. The van der Waals surface area contributed by atoms with Crippen molar-refractivity contribution in [2.45, 2.75) is 33.7 Å². The number of hydrogen-bond donors (Lipinski definition) is 0. The van der Waals surface area contributed by atoms with Crippen molar-refractivity contribution in [2.24, 2.45) is 5.92 Å². The Morgan fingerprint density at radius 3 is 2.52 bits per heavy atom. The van der Waals surface area contributed by atoms with Crippen LogP contribution in [0.2, 0.25) is 0 Å². The molecule has 1 saturated heterocycles. The van der Waals surface area contributed by atoms with Crippen molar-refractivity contribution in [3.8, 4) is 11.5 Å². The average molecular weight is 348 g/mol. The van der Waals surface area contributed by atoms with Gasteiger partial charge in [0.2, 0.25) is 12.7 Å². The molecule has 1 fully saturated rings. The Balaban J connectivity index is 0.00000109. The van der Waals surface area contributed by atoms with Crippen molar-refractivity contribution in [3.63, 3.8) is 0 Å². The number of ether oxygens (including phenoxy) is 2. The summed E-state index contributed by atoms with van der Waals surface area (Å²) in [6.07, 6.45) is 0. The van der Waals surface area contributed by atoms with Crippen molar-refractivity contribution in [1.82, 2.24) is 9.80 Å². The van der Waals surface area contributed by atoms with Crippen LogP contribution in [0.25, 0.3) is 0 Å². The van der Waals surface area contributed by atoms with Gasteiger partial charge in [0.25, 0.3) is 0 Å². The molecule has 0 spiro atoms. The molecule has 6 heteroatoms. The van der Waals surface area contributed by atoms with Crippen LogP contribution in [-0.2, 0) is 4.79 Å². The highest BCUT2D eigenvalue weighted by atomic mass is 16.7. The summed E-state index contributed by atoms with van der Waals surface area (Å²) in [7, 11) is 1.70. The Bertz CT molecular complexity index is 626. The second-order valence-electron chi connectivity index (χ2n) is 6.11. The summed E-state index contributed by atoms with van der Waals surface area (Å²) in [6, 6.07) is 4.63. The topological polar surface area (TPSA) is 59.1 Å². The molecular formula is C19H28N2O4. The fourth-order valence-electron chi connectivity index (χ4n) is 2.93. The summed E-state index contributed by atoms with van der Waals surface area (Å²) in [6.45, 7) is 10.5. The SMILES string of the molecule is CC.CCN1CC(C(=O)N(C)C(C)C(=O)c2ccc3c(c2)OCO3)C1. The molecule has 0 aromatic heterocycles. The highest BCUT2D eigenvalue weighted by molar-refractivity contribution is 6.02. The third-order valence-corrected chi connectivity index (χ3v) is 4.72. The molecule has 1 unspecified atom stereocenters. The minimum absolute atomic E-state index is 0.00644. The van der Waals surface area contributed by atoms with E-state index in [4.69, 9.17) is 9.47 Å². The smallest absolute Gasteiger partial charge is 0.231 e. The Kier molecular flexibility index (Phi) is 6.42. The largest absolute Gasteiger partial charge is 0.454 e.